The highest BCUT2D eigenvalue weighted by molar-refractivity contribution is 7.23. The number of ether oxygens (including phenoxy) is 1. The van der Waals surface area contributed by atoms with E-state index in [9.17, 15) is 5.11 Å². The molecule has 0 saturated carbocycles. The van der Waals surface area contributed by atoms with Crippen molar-refractivity contribution < 1.29 is 14.2 Å². The van der Waals surface area contributed by atoms with E-state index in [-0.39, 0.29) is 17.8 Å². The zero-order chi connectivity index (χ0) is 25.9. The smallest absolute Gasteiger partial charge is 0.146 e. The van der Waals surface area contributed by atoms with Crippen molar-refractivity contribution in [2.45, 2.75) is 45.3 Å². The Morgan fingerprint density at radius 2 is 1.97 bits per heavy atom. The number of pyridine rings is 2. The standard InChI is InChI=1S/C27H29FN6O2S/c1-15-24(33(4)32-31-15)21-13-20-26(37-21)23-19(12-17(14-30-23)27(2,3)35)34(20)25(16-7-10-36-11-8-16)22-18(28)6-5-9-29-22/h5-6,9,12-14,16,25,35H,7-8,10-11H2,1-4H3. The molecule has 5 aromatic rings. The van der Waals surface area contributed by atoms with Gasteiger partial charge in [-0.1, -0.05) is 5.21 Å². The van der Waals surface area contributed by atoms with Gasteiger partial charge in [0.1, 0.15) is 17.0 Å². The summed E-state index contributed by atoms with van der Waals surface area (Å²) >= 11 is 1.62. The van der Waals surface area contributed by atoms with Crippen LogP contribution in [-0.4, -0.2) is 47.8 Å². The third-order valence-electron chi connectivity index (χ3n) is 7.31. The highest BCUT2D eigenvalue weighted by Crippen LogP contribution is 2.45. The molecule has 1 fully saturated rings. The van der Waals surface area contributed by atoms with Gasteiger partial charge in [-0.2, -0.15) is 0 Å². The van der Waals surface area contributed by atoms with Crippen LogP contribution in [0.3, 0.4) is 0 Å². The Bertz CT molecular complexity index is 1590. The molecule has 37 heavy (non-hydrogen) atoms. The van der Waals surface area contributed by atoms with Gasteiger partial charge >= 0.3 is 0 Å². The van der Waals surface area contributed by atoms with Crippen molar-refractivity contribution in [1.29, 1.82) is 0 Å². The molecule has 0 aromatic carbocycles. The molecule has 10 heteroatoms. The lowest BCUT2D eigenvalue weighted by Crippen LogP contribution is -2.28. The molecule has 1 unspecified atom stereocenters. The van der Waals surface area contributed by atoms with Crippen molar-refractivity contribution in [3.8, 4) is 10.6 Å². The van der Waals surface area contributed by atoms with Gasteiger partial charge in [0.25, 0.3) is 0 Å². The number of aryl methyl sites for hydroxylation is 2. The van der Waals surface area contributed by atoms with Crippen LogP contribution in [-0.2, 0) is 17.4 Å². The molecule has 0 radical (unpaired) electrons. The molecule has 6 heterocycles. The lowest BCUT2D eigenvalue weighted by Gasteiger charge is -2.32. The quantitative estimate of drug-likeness (QED) is 0.345. The Kier molecular flexibility index (Phi) is 5.85. The average molecular weight is 521 g/mol. The summed E-state index contributed by atoms with van der Waals surface area (Å²) < 4.78 is 26.0. The zero-order valence-corrected chi connectivity index (χ0v) is 22.1. The summed E-state index contributed by atoms with van der Waals surface area (Å²) in [6, 6.07) is 6.85. The maximum atomic E-state index is 15.4. The number of aromatic nitrogens is 6. The molecule has 1 saturated heterocycles. The van der Waals surface area contributed by atoms with Crippen LogP contribution in [0.2, 0.25) is 0 Å². The molecule has 8 nitrogen and oxygen atoms in total. The molecule has 0 amide bonds. The maximum absolute atomic E-state index is 15.4. The monoisotopic (exact) mass is 520 g/mol. The number of fused-ring (bicyclic) bond motifs is 3. The lowest BCUT2D eigenvalue weighted by atomic mass is 9.88. The summed E-state index contributed by atoms with van der Waals surface area (Å²) in [6.45, 7) is 6.69. The van der Waals surface area contributed by atoms with Gasteiger partial charge in [-0.3, -0.25) is 9.97 Å². The number of nitrogens with zero attached hydrogens (tertiary/aromatic N) is 6. The molecule has 1 aliphatic heterocycles. The van der Waals surface area contributed by atoms with E-state index < -0.39 is 5.60 Å². The third kappa shape index (κ3) is 4.03. The Hall–Kier alpha value is -3.21. The predicted molar refractivity (Wildman–Crippen MR) is 141 cm³/mol. The number of rotatable bonds is 5. The zero-order valence-electron chi connectivity index (χ0n) is 21.3. The fourth-order valence-electron chi connectivity index (χ4n) is 5.42. The average Bonchev–Trinajstić information content (AvgIpc) is 3.52. The van der Waals surface area contributed by atoms with Crippen LogP contribution in [0.25, 0.3) is 31.8 Å². The molecule has 1 aliphatic rings. The first-order valence-corrected chi connectivity index (χ1v) is 13.3. The Morgan fingerprint density at radius 3 is 2.65 bits per heavy atom. The van der Waals surface area contributed by atoms with E-state index in [1.54, 1.807) is 48.3 Å². The van der Waals surface area contributed by atoms with E-state index in [4.69, 9.17) is 9.72 Å². The molecule has 0 bridgehead atoms. The normalized spacial score (nSPS) is 16.2. The van der Waals surface area contributed by atoms with Crippen molar-refractivity contribution in [1.82, 2.24) is 29.5 Å². The van der Waals surface area contributed by atoms with Crippen LogP contribution >= 0.6 is 11.3 Å². The Morgan fingerprint density at radius 1 is 1.19 bits per heavy atom. The SMILES string of the molecule is Cc1nnn(C)c1-c1cc2c(s1)c1ncc(C(C)(C)O)cc1n2C(c1ncccc1F)C1CCOCC1. The van der Waals surface area contributed by atoms with Crippen LogP contribution in [0, 0.1) is 18.7 Å². The number of hydrogen-bond donors (Lipinski definition) is 1. The minimum atomic E-state index is -1.07. The van der Waals surface area contributed by atoms with Crippen LogP contribution in [0.15, 0.2) is 36.7 Å². The predicted octanol–water partition coefficient (Wildman–Crippen LogP) is 5.13. The first kappa shape index (κ1) is 24.1. The van der Waals surface area contributed by atoms with E-state index in [0.29, 0.717) is 24.5 Å². The van der Waals surface area contributed by atoms with Gasteiger partial charge in [-0.15, -0.1) is 16.4 Å². The minimum absolute atomic E-state index is 0.117. The Balaban J connectivity index is 1.69. The highest BCUT2D eigenvalue weighted by Gasteiger charge is 2.34. The molecular weight excluding hydrogens is 491 g/mol. The van der Waals surface area contributed by atoms with Gasteiger partial charge in [-0.05, 0) is 63.8 Å². The number of hydrogen-bond acceptors (Lipinski definition) is 7. The summed E-state index contributed by atoms with van der Waals surface area (Å²) in [6.07, 6.45) is 4.97. The van der Waals surface area contributed by atoms with E-state index in [2.05, 4.69) is 25.9 Å². The second-order valence-electron chi connectivity index (χ2n) is 10.3. The van der Waals surface area contributed by atoms with Gasteiger partial charge < -0.3 is 14.4 Å². The first-order chi connectivity index (χ1) is 17.7. The largest absolute Gasteiger partial charge is 0.386 e. The number of aliphatic hydroxyl groups is 1. The molecular formula is C27H29FN6O2S. The van der Waals surface area contributed by atoms with Crippen molar-refractivity contribution in [3.63, 3.8) is 0 Å². The highest BCUT2D eigenvalue weighted by atomic mass is 32.1. The lowest BCUT2D eigenvalue weighted by molar-refractivity contribution is 0.0542. The van der Waals surface area contributed by atoms with Crippen molar-refractivity contribution in [3.05, 3.63) is 59.4 Å². The topological polar surface area (TPSA) is 90.9 Å². The first-order valence-electron chi connectivity index (χ1n) is 12.4. The fraction of sp³-hybridized carbons (Fsp3) is 0.407. The van der Waals surface area contributed by atoms with Crippen molar-refractivity contribution in [2.24, 2.45) is 13.0 Å². The summed E-state index contributed by atoms with van der Waals surface area (Å²) in [5.74, 6) is -0.214. The van der Waals surface area contributed by atoms with Crippen molar-refractivity contribution >= 4 is 32.6 Å². The van der Waals surface area contributed by atoms with E-state index >= 15 is 4.39 Å². The fourth-order valence-corrected chi connectivity index (χ4v) is 6.71. The van der Waals surface area contributed by atoms with Gasteiger partial charge in [-0.25, -0.2) is 9.07 Å². The summed E-state index contributed by atoms with van der Waals surface area (Å²) in [5.41, 5.74) is 4.46. The second kappa shape index (κ2) is 8.97. The van der Waals surface area contributed by atoms with E-state index in [1.807, 2.05) is 20.0 Å². The molecule has 5 aromatic heterocycles. The Labute approximate surface area is 217 Å². The molecule has 0 aliphatic carbocycles. The third-order valence-corrected chi connectivity index (χ3v) is 8.44. The molecule has 1 N–H and O–H groups in total. The summed E-state index contributed by atoms with van der Waals surface area (Å²) in [7, 11) is 1.88. The molecule has 192 valence electrons. The number of halogens is 1. The number of thiophene rings is 1. The van der Waals surface area contributed by atoms with E-state index in [1.165, 1.54) is 6.07 Å². The van der Waals surface area contributed by atoms with Crippen LogP contribution < -0.4 is 0 Å². The molecule has 6 rings (SSSR count). The molecule has 0 spiro atoms. The van der Waals surface area contributed by atoms with Crippen LogP contribution in [0.4, 0.5) is 4.39 Å². The van der Waals surface area contributed by atoms with Gasteiger partial charge in [0.2, 0.25) is 0 Å². The van der Waals surface area contributed by atoms with Crippen molar-refractivity contribution in [2.75, 3.05) is 13.2 Å². The van der Waals surface area contributed by atoms with E-state index in [0.717, 1.165) is 50.4 Å². The minimum Gasteiger partial charge on any atom is -0.386 e. The van der Waals surface area contributed by atoms with Gasteiger partial charge in [0.15, 0.2) is 0 Å². The van der Waals surface area contributed by atoms with Crippen LogP contribution in [0.1, 0.15) is 49.7 Å². The van der Waals surface area contributed by atoms with Gasteiger partial charge in [0, 0.05) is 38.2 Å². The maximum Gasteiger partial charge on any atom is 0.146 e. The summed E-state index contributed by atoms with van der Waals surface area (Å²) in [4.78, 5) is 10.4. The van der Waals surface area contributed by atoms with Crippen LogP contribution in [0.5, 0.6) is 0 Å². The molecule has 1 atom stereocenters. The van der Waals surface area contributed by atoms with Gasteiger partial charge in [0.05, 0.1) is 43.6 Å². The summed E-state index contributed by atoms with van der Waals surface area (Å²) in [5, 5.41) is 19.2. The second-order valence-corrected chi connectivity index (χ2v) is 11.3.